The Morgan fingerprint density at radius 1 is 1.35 bits per heavy atom. The highest BCUT2D eigenvalue weighted by Gasteiger charge is 2.34. The van der Waals surface area contributed by atoms with E-state index >= 15 is 0 Å². The first-order valence-electron chi connectivity index (χ1n) is 6.86. The Labute approximate surface area is 106 Å². The van der Waals surface area contributed by atoms with E-state index in [2.05, 4.69) is 32.7 Å². The average Bonchev–Trinajstić information content (AvgIpc) is 2.29. The maximum atomic E-state index is 11.3. The second-order valence-electron chi connectivity index (χ2n) is 5.87. The summed E-state index contributed by atoms with van der Waals surface area (Å²) in [5.41, 5.74) is 0.422. The standard InChI is InChI=1S/C14H28N2O/c1-6-14(11-15(5)12(2)3)7-9-16(10-8-14)13(4)17/h12H,6-11H2,1-5H3. The SMILES string of the molecule is CCC1(CN(C)C(C)C)CCN(C(C)=O)CC1. The van der Waals surface area contributed by atoms with Crippen LogP contribution >= 0.6 is 0 Å². The monoisotopic (exact) mass is 240 g/mol. The van der Waals surface area contributed by atoms with Crippen molar-refractivity contribution in [1.29, 1.82) is 0 Å². The number of hydrogen-bond donors (Lipinski definition) is 0. The average molecular weight is 240 g/mol. The molecule has 0 radical (unpaired) electrons. The Balaban J connectivity index is 2.58. The van der Waals surface area contributed by atoms with Crippen molar-refractivity contribution in [2.45, 2.75) is 53.0 Å². The minimum Gasteiger partial charge on any atom is -0.343 e. The van der Waals surface area contributed by atoms with E-state index in [0.29, 0.717) is 11.5 Å². The summed E-state index contributed by atoms with van der Waals surface area (Å²) in [6, 6.07) is 0.601. The summed E-state index contributed by atoms with van der Waals surface area (Å²) < 4.78 is 0. The molecule has 0 aromatic heterocycles. The molecule has 0 aliphatic carbocycles. The number of carbonyl (C=O) groups is 1. The van der Waals surface area contributed by atoms with Gasteiger partial charge in [-0.25, -0.2) is 0 Å². The quantitative estimate of drug-likeness (QED) is 0.753. The van der Waals surface area contributed by atoms with Crippen LogP contribution in [0.4, 0.5) is 0 Å². The lowest BCUT2D eigenvalue weighted by molar-refractivity contribution is -0.131. The number of likely N-dealkylation sites (tertiary alicyclic amines) is 1. The van der Waals surface area contributed by atoms with Crippen LogP contribution < -0.4 is 0 Å². The number of amides is 1. The Morgan fingerprint density at radius 3 is 2.24 bits per heavy atom. The van der Waals surface area contributed by atoms with Crippen molar-refractivity contribution < 1.29 is 4.79 Å². The Bertz CT molecular complexity index is 255. The fraction of sp³-hybridized carbons (Fsp3) is 0.929. The molecule has 0 unspecified atom stereocenters. The molecular weight excluding hydrogens is 212 g/mol. The fourth-order valence-corrected chi connectivity index (χ4v) is 2.63. The van der Waals surface area contributed by atoms with E-state index in [-0.39, 0.29) is 5.91 Å². The summed E-state index contributed by atoms with van der Waals surface area (Å²) in [5, 5.41) is 0. The Kier molecular flexibility index (Phi) is 4.99. The molecule has 1 aliphatic rings. The smallest absolute Gasteiger partial charge is 0.219 e. The molecule has 0 bridgehead atoms. The van der Waals surface area contributed by atoms with Gasteiger partial charge in [-0.05, 0) is 45.6 Å². The first kappa shape index (κ1) is 14.5. The molecule has 1 saturated heterocycles. The molecule has 0 atom stereocenters. The third-order valence-electron chi connectivity index (χ3n) is 4.49. The lowest BCUT2D eigenvalue weighted by atomic mass is 9.75. The maximum Gasteiger partial charge on any atom is 0.219 e. The molecule has 1 rings (SSSR count). The number of hydrogen-bond acceptors (Lipinski definition) is 2. The van der Waals surface area contributed by atoms with Crippen LogP contribution in [0, 0.1) is 5.41 Å². The van der Waals surface area contributed by atoms with Gasteiger partial charge in [0.2, 0.25) is 5.91 Å². The first-order valence-corrected chi connectivity index (χ1v) is 6.86. The highest BCUT2D eigenvalue weighted by molar-refractivity contribution is 5.73. The van der Waals surface area contributed by atoms with Gasteiger partial charge in [0, 0.05) is 32.6 Å². The molecule has 0 spiro atoms. The third kappa shape index (κ3) is 3.70. The van der Waals surface area contributed by atoms with Crippen molar-refractivity contribution in [1.82, 2.24) is 9.80 Å². The lowest BCUT2D eigenvalue weighted by Gasteiger charge is -2.44. The summed E-state index contributed by atoms with van der Waals surface area (Å²) in [5.74, 6) is 0.229. The first-order chi connectivity index (χ1) is 7.90. The van der Waals surface area contributed by atoms with Gasteiger partial charge in [-0.3, -0.25) is 4.79 Å². The minimum absolute atomic E-state index is 0.229. The molecule has 100 valence electrons. The molecule has 1 aliphatic heterocycles. The molecule has 0 N–H and O–H groups in total. The Morgan fingerprint density at radius 2 is 1.88 bits per heavy atom. The molecule has 1 heterocycles. The van der Waals surface area contributed by atoms with E-state index < -0.39 is 0 Å². The zero-order valence-electron chi connectivity index (χ0n) is 12.1. The Hall–Kier alpha value is -0.570. The summed E-state index contributed by atoms with van der Waals surface area (Å²) >= 11 is 0. The lowest BCUT2D eigenvalue weighted by Crippen LogP contribution is -2.47. The largest absolute Gasteiger partial charge is 0.343 e. The van der Waals surface area contributed by atoms with Gasteiger partial charge < -0.3 is 9.80 Å². The molecule has 1 fully saturated rings. The van der Waals surface area contributed by atoms with E-state index in [0.717, 1.165) is 32.5 Å². The van der Waals surface area contributed by atoms with Crippen molar-refractivity contribution in [3.05, 3.63) is 0 Å². The number of carbonyl (C=O) groups excluding carboxylic acids is 1. The van der Waals surface area contributed by atoms with Gasteiger partial charge in [-0.2, -0.15) is 0 Å². The van der Waals surface area contributed by atoms with Crippen LogP contribution in [0.2, 0.25) is 0 Å². The number of nitrogens with zero attached hydrogens (tertiary/aromatic N) is 2. The highest BCUT2D eigenvalue weighted by Crippen LogP contribution is 2.35. The van der Waals surface area contributed by atoms with Gasteiger partial charge in [0.25, 0.3) is 0 Å². The van der Waals surface area contributed by atoms with E-state index in [4.69, 9.17) is 0 Å². The van der Waals surface area contributed by atoms with Crippen LogP contribution in [-0.4, -0.2) is 48.4 Å². The van der Waals surface area contributed by atoms with Gasteiger partial charge in [-0.1, -0.05) is 6.92 Å². The molecule has 0 saturated carbocycles. The van der Waals surface area contributed by atoms with Crippen LogP contribution in [0.25, 0.3) is 0 Å². The topological polar surface area (TPSA) is 23.6 Å². The highest BCUT2D eigenvalue weighted by atomic mass is 16.2. The van der Waals surface area contributed by atoms with Gasteiger partial charge in [0.15, 0.2) is 0 Å². The van der Waals surface area contributed by atoms with Crippen LogP contribution in [0.3, 0.4) is 0 Å². The second-order valence-corrected chi connectivity index (χ2v) is 5.87. The molecule has 3 nitrogen and oxygen atoms in total. The molecular formula is C14H28N2O. The van der Waals surface area contributed by atoms with Crippen molar-refractivity contribution >= 4 is 5.91 Å². The second kappa shape index (κ2) is 5.85. The third-order valence-corrected chi connectivity index (χ3v) is 4.49. The predicted molar refractivity (Wildman–Crippen MR) is 72.0 cm³/mol. The summed E-state index contributed by atoms with van der Waals surface area (Å²) in [4.78, 5) is 15.8. The normalized spacial score (nSPS) is 20.1. The van der Waals surface area contributed by atoms with Crippen molar-refractivity contribution in [3.63, 3.8) is 0 Å². The van der Waals surface area contributed by atoms with Gasteiger partial charge >= 0.3 is 0 Å². The van der Waals surface area contributed by atoms with Crippen LogP contribution in [0.15, 0.2) is 0 Å². The van der Waals surface area contributed by atoms with E-state index in [1.54, 1.807) is 6.92 Å². The van der Waals surface area contributed by atoms with Gasteiger partial charge in [0.1, 0.15) is 0 Å². The van der Waals surface area contributed by atoms with Crippen molar-refractivity contribution in [2.24, 2.45) is 5.41 Å². The number of piperidine rings is 1. The van der Waals surface area contributed by atoms with Crippen molar-refractivity contribution in [3.8, 4) is 0 Å². The minimum atomic E-state index is 0.229. The summed E-state index contributed by atoms with van der Waals surface area (Å²) in [7, 11) is 2.21. The van der Waals surface area contributed by atoms with Crippen LogP contribution in [0.5, 0.6) is 0 Å². The van der Waals surface area contributed by atoms with Crippen molar-refractivity contribution in [2.75, 3.05) is 26.7 Å². The van der Waals surface area contributed by atoms with E-state index in [1.807, 2.05) is 4.90 Å². The molecule has 3 heteroatoms. The van der Waals surface area contributed by atoms with E-state index in [9.17, 15) is 4.79 Å². The van der Waals surface area contributed by atoms with Crippen LogP contribution in [0.1, 0.15) is 47.0 Å². The summed E-state index contributed by atoms with van der Waals surface area (Å²) in [6.45, 7) is 11.5. The zero-order chi connectivity index (χ0) is 13.1. The van der Waals surface area contributed by atoms with Gasteiger partial charge in [0.05, 0.1) is 0 Å². The maximum absolute atomic E-state index is 11.3. The predicted octanol–water partition coefficient (Wildman–Crippen LogP) is 2.37. The molecule has 0 aromatic rings. The fourth-order valence-electron chi connectivity index (χ4n) is 2.63. The zero-order valence-corrected chi connectivity index (χ0v) is 12.1. The van der Waals surface area contributed by atoms with Crippen LogP contribution in [-0.2, 0) is 4.79 Å². The number of rotatable bonds is 4. The van der Waals surface area contributed by atoms with Gasteiger partial charge in [-0.15, -0.1) is 0 Å². The molecule has 1 amide bonds. The van der Waals surface area contributed by atoms with E-state index in [1.165, 1.54) is 6.42 Å². The molecule has 0 aromatic carbocycles. The summed E-state index contributed by atoms with van der Waals surface area (Å²) in [6.07, 6.45) is 3.52. The molecule has 17 heavy (non-hydrogen) atoms.